The van der Waals surface area contributed by atoms with Crippen molar-refractivity contribution >= 4 is 39.4 Å². The molecule has 2 N–H and O–H groups in total. The fourth-order valence-electron chi connectivity index (χ4n) is 2.93. The number of methoxy groups -OCH3 is 1. The van der Waals surface area contributed by atoms with Crippen LogP contribution in [-0.4, -0.2) is 40.5 Å². The Morgan fingerprint density at radius 1 is 1.36 bits per heavy atom. The van der Waals surface area contributed by atoms with Crippen LogP contribution < -0.4 is 5.32 Å². The lowest BCUT2D eigenvalue weighted by Gasteiger charge is -2.26. The Labute approximate surface area is 147 Å². The Hall–Kier alpha value is -2.87. The van der Waals surface area contributed by atoms with Crippen LogP contribution in [0.5, 0.6) is 0 Å². The van der Waals surface area contributed by atoms with Gasteiger partial charge in [0.1, 0.15) is 0 Å². The fourth-order valence-corrected chi connectivity index (χ4v) is 3.94. The summed E-state index contributed by atoms with van der Waals surface area (Å²) in [7, 11) is 1.31. The Kier molecular flexibility index (Phi) is 3.89. The summed E-state index contributed by atoms with van der Waals surface area (Å²) in [5, 5.41) is 4.10. The van der Waals surface area contributed by atoms with Crippen LogP contribution >= 0.6 is 11.3 Å². The quantitative estimate of drug-likeness (QED) is 0.739. The summed E-state index contributed by atoms with van der Waals surface area (Å²) < 4.78 is 4.58. The number of carbonyl (C=O) groups excluding carboxylic acids is 2. The molecule has 0 fully saturated rings. The van der Waals surface area contributed by atoms with E-state index in [9.17, 15) is 9.59 Å². The van der Waals surface area contributed by atoms with Crippen molar-refractivity contribution in [2.24, 2.45) is 0 Å². The van der Waals surface area contributed by atoms with Crippen molar-refractivity contribution < 1.29 is 14.3 Å². The van der Waals surface area contributed by atoms with Crippen molar-refractivity contribution in [1.29, 1.82) is 0 Å². The van der Waals surface area contributed by atoms with Gasteiger partial charge < -0.3 is 14.6 Å². The molecule has 1 aromatic carbocycles. The number of anilines is 1. The molecule has 7 nitrogen and oxygen atoms in total. The van der Waals surface area contributed by atoms with Crippen molar-refractivity contribution in [3.05, 3.63) is 46.6 Å². The lowest BCUT2D eigenvalue weighted by atomic mass is 10.1. The van der Waals surface area contributed by atoms with Crippen molar-refractivity contribution in [2.75, 3.05) is 19.0 Å². The SMILES string of the molecule is COC(=O)Nc1nc2c(s1)CN(C(=O)c1ccc3[nH]ccc3c1)CC2. The van der Waals surface area contributed by atoms with Crippen LogP contribution in [0.15, 0.2) is 30.5 Å². The van der Waals surface area contributed by atoms with E-state index in [2.05, 4.69) is 20.0 Å². The van der Waals surface area contributed by atoms with E-state index in [0.29, 0.717) is 30.2 Å². The van der Waals surface area contributed by atoms with Crippen molar-refractivity contribution in [2.45, 2.75) is 13.0 Å². The van der Waals surface area contributed by atoms with Gasteiger partial charge in [-0.05, 0) is 24.3 Å². The molecule has 128 valence electrons. The number of benzene rings is 1. The highest BCUT2D eigenvalue weighted by molar-refractivity contribution is 7.15. The van der Waals surface area contributed by atoms with E-state index < -0.39 is 6.09 Å². The number of carbonyl (C=O) groups is 2. The first-order valence-corrected chi connectivity index (χ1v) is 8.65. The zero-order valence-electron chi connectivity index (χ0n) is 13.5. The third-order valence-electron chi connectivity index (χ3n) is 4.21. The van der Waals surface area contributed by atoms with Gasteiger partial charge in [0, 0.05) is 40.5 Å². The summed E-state index contributed by atoms with van der Waals surface area (Å²) in [6, 6.07) is 7.62. The predicted octanol–water partition coefficient (Wildman–Crippen LogP) is 3.00. The zero-order valence-corrected chi connectivity index (χ0v) is 14.4. The Morgan fingerprint density at radius 2 is 2.24 bits per heavy atom. The van der Waals surface area contributed by atoms with Crippen LogP contribution in [0.2, 0.25) is 0 Å². The summed E-state index contributed by atoms with van der Waals surface area (Å²) in [5.74, 6) is 0.00428. The third-order valence-corrected chi connectivity index (χ3v) is 5.21. The van der Waals surface area contributed by atoms with Gasteiger partial charge in [0.2, 0.25) is 0 Å². The van der Waals surface area contributed by atoms with Gasteiger partial charge in [-0.2, -0.15) is 0 Å². The minimum atomic E-state index is -0.543. The normalized spacial score (nSPS) is 13.6. The van der Waals surface area contributed by atoms with Crippen LogP contribution in [0.3, 0.4) is 0 Å². The number of aromatic nitrogens is 2. The number of thiazole rings is 1. The molecule has 0 aliphatic carbocycles. The Morgan fingerprint density at radius 3 is 3.08 bits per heavy atom. The average Bonchev–Trinajstić information content (AvgIpc) is 3.25. The number of ether oxygens (including phenoxy) is 1. The number of amides is 2. The standard InChI is InChI=1S/C17H16N4O3S/c1-24-17(23)20-16-19-13-5-7-21(9-14(13)25-16)15(22)11-2-3-12-10(8-11)4-6-18-12/h2-4,6,8,18H,5,7,9H2,1H3,(H,19,20,23). The maximum absolute atomic E-state index is 12.8. The number of nitrogens with zero attached hydrogens (tertiary/aromatic N) is 2. The number of hydrogen-bond acceptors (Lipinski definition) is 5. The summed E-state index contributed by atoms with van der Waals surface area (Å²) in [6.45, 7) is 1.11. The molecule has 1 aliphatic heterocycles. The zero-order chi connectivity index (χ0) is 17.4. The molecule has 0 bridgehead atoms. The maximum atomic E-state index is 12.8. The lowest BCUT2D eigenvalue weighted by Crippen LogP contribution is -2.35. The molecule has 0 unspecified atom stereocenters. The average molecular weight is 356 g/mol. The summed E-state index contributed by atoms with van der Waals surface area (Å²) >= 11 is 1.38. The number of fused-ring (bicyclic) bond motifs is 2. The molecule has 1 aliphatic rings. The molecule has 25 heavy (non-hydrogen) atoms. The predicted molar refractivity (Wildman–Crippen MR) is 94.9 cm³/mol. The van der Waals surface area contributed by atoms with E-state index in [1.807, 2.05) is 35.4 Å². The molecule has 4 rings (SSSR count). The van der Waals surface area contributed by atoms with E-state index in [-0.39, 0.29) is 5.91 Å². The van der Waals surface area contributed by atoms with Gasteiger partial charge in [-0.1, -0.05) is 11.3 Å². The van der Waals surface area contributed by atoms with E-state index in [1.54, 1.807) is 0 Å². The first-order valence-electron chi connectivity index (χ1n) is 7.84. The minimum absolute atomic E-state index is 0.00428. The van der Waals surface area contributed by atoms with Crippen LogP contribution in [0.25, 0.3) is 10.9 Å². The van der Waals surface area contributed by atoms with Crippen molar-refractivity contribution in [3.63, 3.8) is 0 Å². The number of aromatic amines is 1. The fraction of sp³-hybridized carbons (Fsp3) is 0.235. The molecular weight excluding hydrogens is 340 g/mol. The highest BCUT2D eigenvalue weighted by Gasteiger charge is 2.25. The number of hydrogen-bond donors (Lipinski definition) is 2. The Bertz CT molecular complexity index is 962. The number of rotatable bonds is 2. The van der Waals surface area contributed by atoms with Gasteiger partial charge in [0.25, 0.3) is 5.91 Å². The topological polar surface area (TPSA) is 87.3 Å². The molecule has 0 spiro atoms. The first-order chi connectivity index (χ1) is 12.1. The molecular formula is C17H16N4O3S. The smallest absolute Gasteiger partial charge is 0.413 e. The molecule has 0 saturated carbocycles. The monoisotopic (exact) mass is 356 g/mol. The summed E-state index contributed by atoms with van der Waals surface area (Å²) in [5.41, 5.74) is 2.62. The second-order valence-electron chi connectivity index (χ2n) is 5.76. The number of nitrogens with one attached hydrogen (secondary N) is 2. The molecule has 0 atom stereocenters. The molecule has 0 saturated heterocycles. The van der Waals surface area contributed by atoms with Gasteiger partial charge in [-0.15, -0.1) is 0 Å². The van der Waals surface area contributed by atoms with Gasteiger partial charge in [-0.25, -0.2) is 9.78 Å². The third kappa shape index (κ3) is 2.96. The second kappa shape index (κ2) is 6.21. The maximum Gasteiger partial charge on any atom is 0.413 e. The van der Waals surface area contributed by atoms with E-state index in [1.165, 1.54) is 18.4 Å². The molecule has 3 heterocycles. The minimum Gasteiger partial charge on any atom is -0.453 e. The largest absolute Gasteiger partial charge is 0.453 e. The first kappa shape index (κ1) is 15.6. The Balaban J connectivity index is 1.53. The second-order valence-corrected chi connectivity index (χ2v) is 6.85. The molecule has 3 aromatic rings. The van der Waals surface area contributed by atoms with E-state index in [4.69, 9.17) is 0 Å². The van der Waals surface area contributed by atoms with Crippen LogP contribution in [0, 0.1) is 0 Å². The van der Waals surface area contributed by atoms with Crippen LogP contribution in [-0.2, 0) is 17.7 Å². The van der Waals surface area contributed by atoms with Gasteiger partial charge in [0.15, 0.2) is 5.13 Å². The summed E-state index contributed by atoms with van der Waals surface area (Å²) in [4.78, 5) is 34.5. The molecule has 8 heteroatoms. The lowest BCUT2D eigenvalue weighted by molar-refractivity contribution is 0.0736. The van der Waals surface area contributed by atoms with Gasteiger partial charge >= 0.3 is 6.09 Å². The molecule has 0 radical (unpaired) electrons. The van der Waals surface area contributed by atoms with Crippen LogP contribution in [0.4, 0.5) is 9.93 Å². The molecule has 2 amide bonds. The van der Waals surface area contributed by atoms with Crippen molar-refractivity contribution in [3.8, 4) is 0 Å². The summed E-state index contributed by atoms with van der Waals surface area (Å²) in [6.07, 6.45) is 1.99. The van der Waals surface area contributed by atoms with Gasteiger partial charge in [-0.3, -0.25) is 10.1 Å². The van der Waals surface area contributed by atoms with Crippen LogP contribution in [0.1, 0.15) is 20.9 Å². The highest BCUT2D eigenvalue weighted by atomic mass is 32.1. The molecule has 2 aromatic heterocycles. The van der Waals surface area contributed by atoms with Gasteiger partial charge in [0.05, 0.1) is 19.3 Å². The van der Waals surface area contributed by atoms with E-state index in [0.717, 1.165) is 21.5 Å². The highest BCUT2D eigenvalue weighted by Crippen LogP contribution is 2.29. The number of H-pyrrole nitrogens is 1. The van der Waals surface area contributed by atoms with E-state index >= 15 is 0 Å². The van der Waals surface area contributed by atoms with Crippen molar-refractivity contribution in [1.82, 2.24) is 14.9 Å².